The summed E-state index contributed by atoms with van der Waals surface area (Å²) >= 11 is 9.07. The van der Waals surface area contributed by atoms with Crippen molar-refractivity contribution in [3.63, 3.8) is 0 Å². The zero-order valence-corrected chi connectivity index (χ0v) is 18.3. The molecular weight excluding hydrogens is 453 g/mol. The fourth-order valence-corrected chi connectivity index (χ4v) is 4.51. The predicted octanol–water partition coefficient (Wildman–Crippen LogP) is 6.02. The summed E-state index contributed by atoms with van der Waals surface area (Å²) in [5.74, 6) is 1.19. The van der Waals surface area contributed by atoms with Crippen molar-refractivity contribution in [1.82, 2.24) is 15.2 Å². The molecule has 1 saturated heterocycles. The van der Waals surface area contributed by atoms with Gasteiger partial charge in [0.05, 0.1) is 11.7 Å². The van der Waals surface area contributed by atoms with Crippen LogP contribution in [0, 0.1) is 5.82 Å². The van der Waals surface area contributed by atoms with Crippen molar-refractivity contribution < 1.29 is 8.81 Å². The second-order valence-electron chi connectivity index (χ2n) is 7.00. The smallest absolute Gasteiger partial charge is 0.170 e. The molecule has 1 aliphatic rings. The number of benzene rings is 1. The third kappa shape index (κ3) is 4.07. The first-order valence-electron chi connectivity index (χ1n) is 9.61. The van der Waals surface area contributed by atoms with Gasteiger partial charge in [0.2, 0.25) is 0 Å². The summed E-state index contributed by atoms with van der Waals surface area (Å²) < 4.78 is 20.4. The number of hydrogen-bond donors (Lipinski definition) is 1. The summed E-state index contributed by atoms with van der Waals surface area (Å²) in [6.45, 7) is 3.00. The molecule has 4 rings (SSSR count). The van der Waals surface area contributed by atoms with Gasteiger partial charge in [-0.1, -0.05) is 19.4 Å². The summed E-state index contributed by atoms with van der Waals surface area (Å²) in [5, 5.41) is 4.13. The molecule has 1 fully saturated rings. The van der Waals surface area contributed by atoms with E-state index in [1.165, 1.54) is 12.1 Å². The molecular formula is C22H21BrFN3OS. The molecule has 0 saturated carbocycles. The van der Waals surface area contributed by atoms with Gasteiger partial charge in [0.15, 0.2) is 5.11 Å². The van der Waals surface area contributed by atoms with Crippen molar-refractivity contribution in [2.75, 3.05) is 6.54 Å². The first-order valence-corrected chi connectivity index (χ1v) is 10.8. The zero-order valence-electron chi connectivity index (χ0n) is 15.9. The van der Waals surface area contributed by atoms with Crippen LogP contribution in [0.4, 0.5) is 4.39 Å². The third-order valence-corrected chi connectivity index (χ3v) is 6.07. The van der Waals surface area contributed by atoms with E-state index in [2.05, 4.69) is 38.1 Å². The molecule has 0 aliphatic carbocycles. The monoisotopic (exact) mass is 473 g/mol. The minimum atomic E-state index is -0.293. The Balaban J connectivity index is 1.72. The van der Waals surface area contributed by atoms with Gasteiger partial charge in [0.1, 0.15) is 23.4 Å². The minimum absolute atomic E-state index is 0.100. The SMILES string of the molecule is CCCCN1C(=S)N[C@@H](c2ccccn2)[C@@H]1c1ccc(-c2ccc(F)cc2Br)o1. The van der Waals surface area contributed by atoms with E-state index in [-0.39, 0.29) is 17.9 Å². The lowest BCUT2D eigenvalue weighted by atomic mass is 10.0. The molecule has 0 radical (unpaired) electrons. The summed E-state index contributed by atoms with van der Waals surface area (Å²) in [5.41, 5.74) is 1.72. The summed E-state index contributed by atoms with van der Waals surface area (Å²) in [6, 6.07) is 14.1. The maximum Gasteiger partial charge on any atom is 0.170 e. The second-order valence-corrected chi connectivity index (χ2v) is 8.24. The minimum Gasteiger partial charge on any atom is -0.459 e. The van der Waals surface area contributed by atoms with Gasteiger partial charge in [-0.25, -0.2) is 4.39 Å². The number of nitrogens with zero attached hydrogens (tertiary/aromatic N) is 2. The van der Waals surface area contributed by atoms with Crippen molar-refractivity contribution >= 4 is 33.3 Å². The van der Waals surface area contributed by atoms with Crippen LogP contribution in [0.5, 0.6) is 0 Å². The second kappa shape index (κ2) is 8.63. The van der Waals surface area contributed by atoms with Crippen LogP contribution in [0.2, 0.25) is 0 Å². The van der Waals surface area contributed by atoms with Crippen LogP contribution in [0.3, 0.4) is 0 Å². The standard InChI is InChI=1S/C22H21BrFN3OS/c1-2-3-12-27-21(20(26-22(27)29)17-6-4-5-11-25-17)19-10-9-18(28-19)15-8-7-14(24)13-16(15)23/h4-11,13,20-21H,2-3,12H2,1H3,(H,26,29)/t20-,21-/m0/s1. The molecule has 0 unspecified atom stereocenters. The van der Waals surface area contributed by atoms with Crippen LogP contribution < -0.4 is 5.32 Å². The van der Waals surface area contributed by atoms with E-state index < -0.39 is 0 Å². The fraction of sp³-hybridized carbons (Fsp3) is 0.273. The number of rotatable bonds is 6. The molecule has 1 N–H and O–H groups in total. The average Bonchev–Trinajstić information content (AvgIpc) is 3.31. The normalized spacial score (nSPS) is 18.9. The van der Waals surface area contributed by atoms with Gasteiger partial charge in [0.25, 0.3) is 0 Å². The van der Waals surface area contributed by atoms with Gasteiger partial charge in [0, 0.05) is 22.8 Å². The topological polar surface area (TPSA) is 41.3 Å². The predicted molar refractivity (Wildman–Crippen MR) is 119 cm³/mol. The van der Waals surface area contributed by atoms with Crippen molar-refractivity contribution in [1.29, 1.82) is 0 Å². The Labute approximate surface area is 183 Å². The number of pyridine rings is 1. The van der Waals surface area contributed by atoms with Crippen LogP contribution in [-0.2, 0) is 0 Å². The van der Waals surface area contributed by atoms with E-state index >= 15 is 0 Å². The van der Waals surface area contributed by atoms with Gasteiger partial charge in [-0.05, 0) is 77.0 Å². The van der Waals surface area contributed by atoms with E-state index in [0.717, 1.165) is 36.4 Å². The summed E-state index contributed by atoms with van der Waals surface area (Å²) in [4.78, 5) is 6.72. The van der Waals surface area contributed by atoms with Gasteiger partial charge in [-0.3, -0.25) is 4.98 Å². The quantitative estimate of drug-likeness (QED) is 0.443. The lowest BCUT2D eigenvalue weighted by Crippen LogP contribution is -2.30. The molecule has 4 nitrogen and oxygen atoms in total. The molecule has 2 atom stereocenters. The molecule has 7 heteroatoms. The number of nitrogens with one attached hydrogen (secondary N) is 1. The number of unbranched alkanes of at least 4 members (excludes halogenated alkanes) is 1. The molecule has 150 valence electrons. The Morgan fingerprint density at radius 2 is 2.10 bits per heavy atom. The van der Waals surface area contributed by atoms with Crippen LogP contribution in [0.1, 0.15) is 43.3 Å². The maximum absolute atomic E-state index is 13.5. The fourth-order valence-electron chi connectivity index (χ4n) is 3.63. The van der Waals surface area contributed by atoms with Crippen molar-refractivity contribution in [2.24, 2.45) is 0 Å². The Morgan fingerprint density at radius 1 is 1.24 bits per heavy atom. The Morgan fingerprint density at radius 3 is 2.83 bits per heavy atom. The van der Waals surface area contributed by atoms with Crippen molar-refractivity contribution in [2.45, 2.75) is 31.8 Å². The van der Waals surface area contributed by atoms with E-state index in [4.69, 9.17) is 16.6 Å². The first-order chi connectivity index (χ1) is 14.1. The highest BCUT2D eigenvalue weighted by atomic mass is 79.9. The van der Waals surface area contributed by atoms with E-state index in [9.17, 15) is 4.39 Å². The largest absolute Gasteiger partial charge is 0.459 e. The Bertz CT molecular complexity index is 1010. The molecule has 3 heterocycles. The highest BCUT2D eigenvalue weighted by molar-refractivity contribution is 9.10. The van der Waals surface area contributed by atoms with Crippen molar-refractivity contribution in [3.8, 4) is 11.3 Å². The van der Waals surface area contributed by atoms with Gasteiger partial charge < -0.3 is 14.6 Å². The number of halogens is 2. The molecule has 1 aliphatic heterocycles. The van der Waals surface area contributed by atoms with Crippen LogP contribution in [0.15, 0.2) is 63.6 Å². The van der Waals surface area contributed by atoms with Gasteiger partial charge in [-0.15, -0.1) is 0 Å². The number of furan rings is 1. The number of thiocarbonyl (C=S) groups is 1. The van der Waals surface area contributed by atoms with Crippen molar-refractivity contribution in [3.05, 3.63) is 76.5 Å². The lowest BCUT2D eigenvalue weighted by molar-refractivity contribution is 0.271. The highest BCUT2D eigenvalue weighted by Gasteiger charge is 2.41. The third-order valence-electron chi connectivity index (χ3n) is 5.07. The van der Waals surface area contributed by atoms with Crippen LogP contribution in [0.25, 0.3) is 11.3 Å². The lowest BCUT2D eigenvalue weighted by Gasteiger charge is -2.25. The highest BCUT2D eigenvalue weighted by Crippen LogP contribution is 2.41. The molecule has 1 aromatic carbocycles. The Kier molecular flexibility index (Phi) is 5.96. The summed E-state index contributed by atoms with van der Waals surface area (Å²) in [7, 11) is 0. The molecule has 2 aromatic heterocycles. The molecule has 29 heavy (non-hydrogen) atoms. The molecule has 0 bridgehead atoms. The van der Waals surface area contributed by atoms with Crippen LogP contribution >= 0.6 is 28.1 Å². The number of hydrogen-bond acceptors (Lipinski definition) is 3. The van der Waals surface area contributed by atoms with E-state index in [0.29, 0.717) is 15.3 Å². The molecule has 3 aromatic rings. The maximum atomic E-state index is 13.5. The average molecular weight is 474 g/mol. The first kappa shape index (κ1) is 20.0. The molecule has 0 spiro atoms. The summed E-state index contributed by atoms with van der Waals surface area (Å²) in [6.07, 6.45) is 3.89. The van der Waals surface area contributed by atoms with E-state index in [1.54, 1.807) is 12.3 Å². The van der Waals surface area contributed by atoms with E-state index in [1.807, 2.05) is 30.3 Å². The van der Waals surface area contributed by atoms with Gasteiger partial charge in [-0.2, -0.15) is 0 Å². The Hall–Kier alpha value is -2.25. The van der Waals surface area contributed by atoms with Gasteiger partial charge >= 0.3 is 0 Å². The number of aromatic nitrogens is 1. The van der Waals surface area contributed by atoms with Crippen LogP contribution in [-0.4, -0.2) is 21.5 Å². The molecule has 0 amide bonds. The zero-order chi connectivity index (χ0) is 20.4.